The second-order valence-corrected chi connectivity index (χ2v) is 6.52. The molecular formula is C14H12N4OS2. The first-order chi connectivity index (χ1) is 10.1. The Labute approximate surface area is 128 Å². The molecule has 0 saturated heterocycles. The molecule has 0 bridgehead atoms. The van der Waals surface area contributed by atoms with Crippen LogP contribution in [0.2, 0.25) is 0 Å². The average molecular weight is 316 g/mol. The van der Waals surface area contributed by atoms with Crippen molar-refractivity contribution in [2.24, 2.45) is 0 Å². The fourth-order valence-corrected chi connectivity index (χ4v) is 4.06. The lowest BCUT2D eigenvalue weighted by molar-refractivity contribution is 0.532. The Morgan fingerprint density at radius 1 is 1.05 bits per heavy atom. The van der Waals surface area contributed by atoms with E-state index in [0.717, 1.165) is 38.5 Å². The molecule has 0 spiro atoms. The Morgan fingerprint density at radius 2 is 1.90 bits per heavy atom. The van der Waals surface area contributed by atoms with Crippen molar-refractivity contribution in [1.82, 2.24) is 19.4 Å². The predicted octanol–water partition coefficient (Wildman–Crippen LogP) is 4.10. The second kappa shape index (κ2) is 4.51. The highest BCUT2D eigenvalue weighted by Gasteiger charge is 2.18. The lowest BCUT2D eigenvalue weighted by Gasteiger charge is -1.95. The molecule has 0 atom stereocenters. The molecule has 21 heavy (non-hydrogen) atoms. The monoisotopic (exact) mass is 316 g/mol. The van der Waals surface area contributed by atoms with Crippen molar-refractivity contribution in [3.05, 3.63) is 34.2 Å². The predicted molar refractivity (Wildman–Crippen MR) is 83.9 cm³/mol. The summed E-state index contributed by atoms with van der Waals surface area (Å²) in [6.07, 6.45) is 2.03. The quantitative estimate of drug-likeness (QED) is 0.558. The fraction of sp³-hybridized carbons (Fsp3) is 0.214. The van der Waals surface area contributed by atoms with Crippen molar-refractivity contribution in [3.63, 3.8) is 0 Å². The van der Waals surface area contributed by atoms with E-state index in [1.807, 2.05) is 37.7 Å². The number of imidazole rings is 1. The zero-order valence-electron chi connectivity index (χ0n) is 11.7. The zero-order chi connectivity index (χ0) is 14.6. The first-order valence-corrected chi connectivity index (χ1v) is 8.22. The van der Waals surface area contributed by atoms with Gasteiger partial charge >= 0.3 is 0 Å². The molecular weight excluding hydrogens is 304 g/mol. The first-order valence-electron chi connectivity index (χ1n) is 6.46. The minimum atomic E-state index is 0.665. The number of rotatable bonds is 2. The van der Waals surface area contributed by atoms with Crippen LogP contribution in [0.4, 0.5) is 0 Å². The van der Waals surface area contributed by atoms with Gasteiger partial charge in [0.15, 0.2) is 16.6 Å². The van der Waals surface area contributed by atoms with E-state index in [9.17, 15) is 0 Å². The maximum absolute atomic E-state index is 5.65. The van der Waals surface area contributed by atoms with Gasteiger partial charge in [-0.05, 0) is 13.8 Å². The number of nitrogens with zero attached hydrogens (tertiary/aromatic N) is 4. The van der Waals surface area contributed by atoms with Crippen LogP contribution in [0, 0.1) is 20.8 Å². The maximum Gasteiger partial charge on any atom is 0.194 e. The number of hydrogen-bond acceptors (Lipinski definition) is 6. The van der Waals surface area contributed by atoms with Gasteiger partial charge in [0, 0.05) is 23.9 Å². The van der Waals surface area contributed by atoms with Crippen molar-refractivity contribution < 1.29 is 4.42 Å². The smallest absolute Gasteiger partial charge is 0.194 e. The third-order valence-electron chi connectivity index (χ3n) is 3.28. The SMILES string of the molecule is Cc1nc(C)c(-c2csc(-c3c(C)nc4sccn34)n2)o1. The van der Waals surface area contributed by atoms with Gasteiger partial charge in [0.05, 0.1) is 11.4 Å². The lowest BCUT2D eigenvalue weighted by atomic mass is 10.3. The molecule has 4 heterocycles. The van der Waals surface area contributed by atoms with Crippen LogP contribution >= 0.6 is 22.7 Å². The van der Waals surface area contributed by atoms with Crippen molar-refractivity contribution in [1.29, 1.82) is 0 Å². The molecule has 0 N–H and O–H groups in total. The summed E-state index contributed by atoms with van der Waals surface area (Å²) in [5.74, 6) is 1.41. The van der Waals surface area contributed by atoms with E-state index in [-0.39, 0.29) is 0 Å². The highest BCUT2D eigenvalue weighted by molar-refractivity contribution is 7.15. The van der Waals surface area contributed by atoms with Crippen LogP contribution in [0.3, 0.4) is 0 Å². The van der Waals surface area contributed by atoms with E-state index < -0.39 is 0 Å². The van der Waals surface area contributed by atoms with Gasteiger partial charge in [-0.2, -0.15) is 0 Å². The molecule has 0 unspecified atom stereocenters. The average Bonchev–Trinajstić information content (AvgIpc) is 3.14. The molecule has 0 amide bonds. The molecule has 0 aliphatic carbocycles. The third-order valence-corrected chi connectivity index (χ3v) is 4.88. The third kappa shape index (κ3) is 1.92. The molecule has 5 nitrogen and oxygen atoms in total. The maximum atomic E-state index is 5.65. The van der Waals surface area contributed by atoms with Crippen molar-refractivity contribution >= 4 is 27.6 Å². The number of aromatic nitrogens is 4. The molecule has 106 valence electrons. The number of thiazole rings is 2. The summed E-state index contributed by atoms with van der Waals surface area (Å²) >= 11 is 3.22. The topological polar surface area (TPSA) is 56.2 Å². The Kier molecular flexibility index (Phi) is 2.73. The summed E-state index contributed by atoms with van der Waals surface area (Å²) in [4.78, 5) is 14.6. The molecule has 7 heteroatoms. The van der Waals surface area contributed by atoms with Crippen LogP contribution in [-0.2, 0) is 0 Å². The summed E-state index contributed by atoms with van der Waals surface area (Å²) in [5.41, 5.74) is 3.75. The van der Waals surface area contributed by atoms with E-state index >= 15 is 0 Å². The lowest BCUT2D eigenvalue weighted by Crippen LogP contribution is -1.86. The van der Waals surface area contributed by atoms with E-state index in [1.165, 1.54) is 0 Å². The summed E-state index contributed by atoms with van der Waals surface area (Å²) in [5, 5.41) is 4.99. The van der Waals surface area contributed by atoms with Gasteiger partial charge in [0.25, 0.3) is 0 Å². The molecule has 0 fully saturated rings. The van der Waals surface area contributed by atoms with E-state index in [4.69, 9.17) is 9.40 Å². The Hall–Kier alpha value is -1.99. The highest BCUT2D eigenvalue weighted by atomic mass is 32.1. The summed E-state index contributed by atoms with van der Waals surface area (Å²) < 4.78 is 7.73. The van der Waals surface area contributed by atoms with Gasteiger partial charge < -0.3 is 4.42 Å². The summed E-state index contributed by atoms with van der Waals surface area (Å²) in [7, 11) is 0. The second-order valence-electron chi connectivity index (χ2n) is 4.79. The molecule has 0 aromatic carbocycles. The minimum Gasteiger partial charge on any atom is -0.439 e. The number of hydrogen-bond donors (Lipinski definition) is 0. The molecule has 4 aromatic heterocycles. The van der Waals surface area contributed by atoms with E-state index in [0.29, 0.717) is 5.89 Å². The van der Waals surface area contributed by atoms with Crippen LogP contribution < -0.4 is 0 Å². The number of oxazole rings is 1. The van der Waals surface area contributed by atoms with Crippen LogP contribution in [-0.4, -0.2) is 19.4 Å². The van der Waals surface area contributed by atoms with E-state index in [2.05, 4.69) is 14.4 Å². The van der Waals surface area contributed by atoms with Crippen LogP contribution in [0.5, 0.6) is 0 Å². The number of aryl methyl sites for hydroxylation is 3. The van der Waals surface area contributed by atoms with Gasteiger partial charge in [-0.1, -0.05) is 0 Å². The Bertz CT molecular complexity index is 944. The normalized spacial score (nSPS) is 11.6. The standard InChI is InChI=1S/C14H12N4OS2/c1-7-11(18-4-5-20-14(18)16-7)13-17-10(6-21-13)12-8(2)15-9(3)19-12/h4-6H,1-3H3. The molecule has 0 saturated carbocycles. The molecule has 0 radical (unpaired) electrons. The van der Waals surface area contributed by atoms with Crippen molar-refractivity contribution in [2.45, 2.75) is 20.8 Å². The van der Waals surface area contributed by atoms with Gasteiger partial charge in [0.2, 0.25) is 0 Å². The van der Waals surface area contributed by atoms with Gasteiger partial charge in [-0.25, -0.2) is 15.0 Å². The number of fused-ring (bicyclic) bond motifs is 1. The Balaban J connectivity index is 1.86. The van der Waals surface area contributed by atoms with Gasteiger partial charge in [0.1, 0.15) is 16.4 Å². The molecule has 0 aliphatic rings. The molecule has 0 aliphatic heterocycles. The van der Waals surface area contributed by atoms with Crippen molar-refractivity contribution in [3.8, 4) is 22.2 Å². The molecule has 4 aromatic rings. The summed E-state index contributed by atoms with van der Waals surface area (Å²) in [6.45, 7) is 5.80. The minimum absolute atomic E-state index is 0.665. The van der Waals surface area contributed by atoms with Crippen LogP contribution in [0.25, 0.3) is 27.1 Å². The van der Waals surface area contributed by atoms with Gasteiger partial charge in [-0.15, -0.1) is 22.7 Å². The Morgan fingerprint density at radius 3 is 2.67 bits per heavy atom. The highest BCUT2D eigenvalue weighted by Crippen LogP contribution is 2.33. The van der Waals surface area contributed by atoms with Gasteiger partial charge in [-0.3, -0.25) is 4.40 Å². The largest absolute Gasteiger partial charge is 0.439 e. The molecule has 4 rings (SSSR count). The fourth-order valence-electron chi connectivity index (χ4n) is 2.41. The zero-order valence-corrected chi connectivity index (χ0v) is 13.4. The van der Waals surface area contributed by atoms with Crippen molar-refractivity contribution in [2.75, 3.05) is 0 Å². The first kappa shape index (κ1) is 12.7. The van der Waals surface area contributed by atoms with Crippen LogP contribution in [0.1, 0.15) is 17.3 Å². The summed E-state index contributed by atoms with van der Waals surface area (Å²) in [6, 6.07) is 0. The van der Waals surface area contributed by atoms with E-state index in [1.54, 1.807) is 22.7 Å². The van der Waals surface area contributed by atoms with Crippen LogP contribution in [0.15, 0.2) is 21.4 Å².